The zero-order chi connectivity index (χ0) is 18.7. The van der Waals surface area contributed by atoms with Crippen LogP contribution in [0.25, 0.3) is 0 Å². The van der Waals surface area contributed by atoms with Crippen molar-refractivity contribution in [2.75, 3.05) is 18.6 Å². The maximum absolute atomic E-state index is 12.7. The van der Waals surface area contributed by atoms with Gasteiger partial charge in [0.25, 0.3) is 0 Å². The summed E-state index contributed by atoms with van der Waals surface area (Å²) in [5.74, 6) is 0.515. The first kappa shape index (κ1) is 18.0. The number of hydrogen-bond donors (Lipinski definition) is 1. The van der Waals surface area contributed by atoms with Crippen molar-refractivity contribution in [2.45, 2.75) is 32.7 Å². The maximum Gasteiger partial charge on any atom is 0.249 e. The summed E-state index contributed by atoms with van der Waals surface area (Å²) in [7, 11) is 1.60. The van der Waals surface area contributed by atoms with E-state index in [4.69, 9.17) is 4.74 Å². The summed E-state index contributed by atoms with van der Waals surface area (Å²) in [4.78, 5) is 26.8. The van der Waals surface area contributed by atoms with Gasteiger partial charge in [0.15, 0.2) is 0 Å². The van der Waals surface area contributed by atoms with Crippen LogP contribution >= 0.6 is 0 Å². The lowest BCUT2D eigenvalue weighted by Gasteiger charge is -2.18. The van der Waals surface area contributed by atoms with E-state index in [0.29, 0.717) is 18.7 Å². The van der Waals surface area contributed by atoms with Gasteiger partial charge in [-0.15, -0.1) is 0 Å². The Labute approximate surface area is 154 Å². The molecule has 26 heavy (non-hydrogen) atoms. The number of carbonyl (C=O) groups is 2. The summed E-state index contributed by atoms with van der Waals surface area (Å²) in [5.41, 5.74) is 4.01. The Kier molecular flexibility index (Phi) is 5.26. The third-order valence-corrected chi connectivity index (χ3v) is 4.56. The minimum absolute atomic E-state index is 0.0472. The summed E-state index contributed by atoms with van der Waals surface area (Å²) in [6.07, 6.45) is 0.847. The van der Waals surface area contributed by atoms with Crippen LogP contribution in [0, 0.1) is 13.8 Å². The molecule has 1 heterocycles. The molecule has 2 aromatic rings. The highest BCUT2D eigenvalue weighted by atomic mass is 16.5. The normalized spacial score (nSPS) is 16.7. The first-order chi connectivity index (χ1) is 12.5. The lowest BCUT2D eigenvalue weighted by Crippen LogP contribution is -2.42. The summed E-state index contributed by atoms with van der Waals surface area (Å²) in [6, 6.07) is 13.0. The zero-order valence-corrected chi connectivity index (χ0v) is 15.4. The number of hydrogen-bond acceptors (Lipinski definition) is 3. The number of rotatable bonds is 5. The average molecular weight is 352 g/mol. The van der Waals surface area contributed by atoms with Crippen molar-refractivity contribution in [1.82, 2.24) is 5.32 Å². The van der Waals surface area contributed by atoms with Crippen molar-refractivity contribution in [3.8, 4) is 5.75 Å². The van der Waals surface area contributed by atoms with E-state index in [1.54, 1.807) is 12.0 Å². The second-order valence-corrected chi connectivity index (χ2v) is 6.77. The van der Waals surface area contributed by atoms with Gasteiger partial charge in [-0.3, -0.25) is 9.59 Å². The number of anilines is 1. The minimum atomic E-state index is -0.464. The zero-order valence-electron chi connectivity index (χ0n) is 15.4. The van der Waals surface area contributed by atoms with E-state index in [0.717, 1.165) is 22.4 Å². The van der Waals surface area contributed by atoms with Gasteiger partial charge in [0.1, 0.15) is 11.8 Å². The molecule has 1 aliphatic heterocycles. The third kappa shape index (κ3) is 4.04. The first-order valence-electron chi connectivity index (χ1n) is 8.78. The number of benzene rings is 2. The van der Waals surface area contributed by atoms with Gasteiger partial charge in [0.2, 0.25) is 11.8 Å². The van der Waals surface area contributed by atoms with Gasteiger partial charge in [-0.1, -0.05) is 18.2 Å². The topological polar surface area (TPSA) is 58.6 Å². The van der Waals surface area contributed by atoms with Crippen molar-refractivity contribution in [1.29, 1.82) is 0 Å². The van der Waals surface area contributed by atoms with Crippen LogP contribution in [-0.4, -0.2) is 31.5 Å². The highest BCUT2D eigenvalue weighted by molar-refractivity contribution is 6.01. The average Bonchev–Trinajstić information content (AvgIpc) is 2.94. The summed E-state index contributed by atoms with van der Waals surface area (Å²) in [5, 5.41) is 2.87. The lowest BCUT2D eigenvalue weighted by molar-refractivity contribution is -0.126. The Balaban J connectivity index is 1.63. The molecule has 0 aromatic heterocycles. The van der Waals surface area contributed by atoms with E-state index in [-0.39, 0.29) is 18.2 Å². The molecule has 0 unspecified atom stereocenters. The molecular formula is C21H24N2O3. The predicted octanol–water partition coefficient (Wildman–Crippen LogP) is 2.78. The number of methoxy groups -OCH3 is 1. The van der Waals surface area contributed by atoms with E-state index in [1.165, 1.54) is 0 Å². The summed E-state index contributed by atoms with van der Waals surface area (Å²) in [6.45, 7) is 4.65. The van der Waals surface area contributed by atoms with Crippen LogP contribution < -0.4 is 15.0 Å². The quantitative estimate of drug-likeness (QED) is 0.900. The smallest absolute Gasteiger partial charge is 0.249 e. The first-order valence-corrected chi connectivity index (χ1v) is 8.78. The Morgan fingerprint density at radius 1 is 1.19 bits per heavy atom. The van der Waals surface area contributed by atoms with E-state index >= 15 is 0 Å². The standard InChI is InChI=1S/C21H24N2O3/c1-14-9-15(2)11-17(10-14)23-8-7-19(21(23)25)22-20(24)13-16-5-4-6-18(12-16)26-3/h4-6,9-12,19H,7-8,13H2,1-3H3,(H,22,24)/t19-/m1/s1. The number of ether oxygens (including phenoxy) is 1. The molecule has 0 saturated carbocycles. The van der Waals surface area contributed by atoms with Gasteiger partial charge in [-0.2, -0.15) is 0 Å². The molecule has 2 aromatic carbocycles. The molecule has 0 radical (unpaired) electrons. The number of amides is 2. The molecule has 2 amide bonds. The van der Waals surface area contributed by atoms with Gasteiger partial charge in [-0.25, -0.2) is 0 Å². The number of nitrogens with one attached hydrogen (secondary N) is 1. The van der Waals surface area contributed by atoms with E-state index in [2.05, 4.69) is 11.4 Å². The maximum atomic E-state index is 12.7. The molecule has 1 atom stereocenters. The molecule has 3 rings (SSSR count). The molecule has 1 saturated heterocycles. The Morgan fingerprint density at radius 3 is 2.62 bits per heavy atom. The highest BCUT2D eigenvalue weighted by Crippen LogP contribution is 2.24. The number of carbonyl (C=O) groups excluding carboxylic acids is 2. The summed E-state index contributed by atoms with van der Waals surface area (Å²) < 4.78 is 5.18. The van der Waals surface area contributed by atoms with Crippen molar-refractivity contribution in [2.24, 2.45) is 0 Å². The molecule has 136 valence electrons. The van der Waals surface area contributed by atoms with Crippen LogP contribution in [0.2, 0.25) is 0 Å². The molecule has 1 fully saturated rings. The van der Waals surface area contributed by atoms with E-state index < -0.39 is 6.04 Å². The molecule has 0 aliphatic carbocycles. The van der Waals surface area contributed by atoms with Crippen LogP contribution in [0.3, 0.4) is 0 Å². The second kappa shape index (κ2) is 7.60. The fraction of sp³-hybridized carbons (Fsp3) is 0.333. The SMILES string of the molecule is COc1cccc(CC(=O)N[C@@H]2CCN(c3cc(C)cc(C)c3)C2=O)c1. The van der Waals surface area contributed by atoms with Crippen LogP contribution in [-0.2, 0) is 16.0 Å². The Hall–Kier alpha value is -2.82. The number of nitrogens with zero attached hydrogens (tertiary/aromatic N) is 1. The monoisotopic (exact) mass is 352 g/mol. The molecule has 1 aliphatic rings. The molecule has 0 bridgehead atoms. The van der Waals surface area contributed by atoms with Crippen molar-refractivity contribution in [3.63, 3.8) is 0 Å². The van der Waals surface area contributed by atoms with Crippen LogP contribution in [0.4, 0.5) is 5.69 Å². The Bertz CT molecular complexity index is 812. The van der Waals surface area contributed by atoms with Gasteiger partial charge in [0, 0.05) is 12.2 Å². The predicted molar refractivity (Wildman–Crippen MR) is 102 cm³/mol. The molecule has 0 spiro atoms. The van der Waals surface area contributed by atoms with E-state index in [1.807, 2.05) is 50.2 Å². The molecule has 5 nitrogen and oxygen atoms in total. The van der Waals surface area contributed by atoms with Crippen molar-refractivity contribution in [3.05, 3.63) is 59.2 Å². The van der Waals surface area contributed by atoms with Gasteiger partial charge >= 0.3 is 0 Å². The second-order valence-electron chi connectivity index (χ2n) is 6.77. The van der Waals surface area contributed by atoms with Gasteiger partial charge in [0.05, 0.1) is 13.5 Å². The van der Waals surface area contributed by atoms with Crippen LogP contribution in [0.1, 0.15) is 23.1 Å². The molecule has 1 N–H and O–H groups in total. The van der Waals surface area contributed by atoms with Crippen LogP contribution in [0.5, 0.6) is 5.75 Å². The fourth-order valence-corrected chi connectivity index (χ4v) is 3.39. The molecule has 5 heteroatoms. The largest absolute Gasteiger partial charge is 0.497 e. The fourth-order valence-electron chi connectivity index (χ4n) is 3.39. The lowest BCUT2D eigenvalue weighted by atomic mass is 10.1. The molecular weight excluding hydrogens is 328 g/mol. The highest BCUT2D eigenvalue weighted by Gasteiger charge is 2.33. The van der Waals surface area contributed by atoms with Crippen molar-refractivity contribution >= 4 is 17.5 Å². The van der Waals surface area contributed by atoms with Gasteiger partial charge < -0.3 is 15.0 Å². The van der Waals surface area contributed by atoms with Crippen LogP contribution in [0.15, 0.2) is 42.5 Å². The third-order valence-electron chi connectivity index (χ3n) is 4.56. The Morgan fingerprint density at radius 2 is 1.92 bits per heavy atom. The van der Waals surface area contributed by atoms with Crippen molar-refractivity contribution < 1.29 is 14.3 Å². The summed E-state index contributed by atoms with van der Waals surface area (Å²) >= 11 is 0. The number of aryl methyl sites for hydroxylation is 2. The van der Waals surface area contributed by atoms with E-state index in [9.17, 15) is 9.59 Å². The van der Waals surface area contributed by atoms with Gasteiger partial charge in [-0.05, 0) is 61.2 Å². The minimum Gasteiger partial charge on any atom is -0.497 e.